The molecule has 0 heterocycles. The molecule has 6 N–H and O–H groups in total. The van der Waals surface area contributed by atoms with Gasteiger partial charge in [-0.1, -0.05) is 17.7 Å². The number of hydrogen-bond acceptors (Lipinski definition) is 6. The van der Waals surface area contributed by atoms with E-state index >= 15 is 0 Å². The quantitative estimate of drug-likeness (QED) is 0.152. The van der Waals surface area contributed by atoms with Gasteiger partial charge in [0.2, 0.25) is 0 Å². The Morgan fingerprint density at radius 2 is 1.25 bits per heavy atom. The van der Waals surface area contributed by atoms with Gasteiger partial charge in [0, 0.05) is 12.8 Å². The average molecular weight is 524 g/mol. The maximum Gasteiger partial charge on any atom is 0.194 e. The zero-order chi connectivity index (χ0) is 27.6. The molecule has 2 aromatic carbocycles. The number of rotatable bonds is 11. The third kappa shape index (κ3) is 5.90. The van der Waals surface area contributed by atoms with Crippen LogP contribution in [-0.2, 0) is 12.8 Å². The number of halogens is 6. The second kappa shape index (κ2) is 11.3. The Morgan fingerprint density at radius 1 is 0.806 bits per heavy atom. The van der Waals surface area contributed by atoms with E-state index < -0.39 is 101 Å². The lowest BCUT2D eigenvalue weighted by molar-refractivity contribution is -0.228. The summed E-state index contributed by atoms with van der Waals surface area (Å²) in [7, 11) is 0. The molecule has 0 aliphatic carbocycles. The highest BCUT2D eigenvalue weighted by Crippen LogP contribution is 2.37. The number of aliphatic hydroxyl groups excluding tert-OH is 4. The Labute approximate surface area is 202 Å². The molecule has 0 bridgehead atoms. The van der Waals surface area contributed by atoms with Gasteiger partial charge in [-0.25, -0.2) is 26.3 Å². The van der Waals surface area contributed by atoms with E-state index in [1.54, 1.807) is 0 Å². The Morgan fingerprint density at radius 3 is 1.67 bits per heavy atom. The van der Waals surface area contributed by atoms with Crippen molar-refractivity contribution in [3.05, 3.63) is 82.4 Å². The van der Waals surface area contributed by atoms with Gasteiger partial charge >= 0.3 is 0 Å². The van der Waals surface area contributed by atoms with E-state index in [4.69, 9.17) is 0 Å². The molecule has 2 rings (SSSR count). The van der Waals surface area contributed by atoms with E-state index in [0.29, 0.717) is 18.2 Å². The van der Waals surface area contributed by atoms with Crippen molar-refractivity contribution in [2.45, 2.75) is 55.7 Å². The average Bonchev–Trinajstić information content (AvgIpc) is 2.82. The third-order valence-corrected chi connectivity index (χ3v) is 5.85. The van der Waals surface area contributed by atoms with E-state index in [1.807, 2.05) is 0 Å². The van der Waals surface area contributed by atoms with Crippen LogP contribution in [0.1, 0.15) is 24.5 Å². The van der Waals surface area contributed by atoms with Crippen LogP contribution >= 0.6 is 0 Å². The lowest BCUT2D eigenvalue weighted by Gasteiger charge is -2.46. The summed E-state index contributed by atoms with van der Waals surface area (Å²) in [5.41, 5.74) is -7.31. The van der Waals surface area contributed by atoms with Crippen LogP contribution in [0.5, 0.6) is 0 Å². The van der Waals surface area contributed by atoms with E-state index in [1.165, 1.54) is 6.92 Å². The van der Waals surface area contributed by atoms with Crippen molar-refractivity contribution in [1.29, 1.82) is 0 Å². The molecule has 0 fully saturated rings. The molecular weight excluding hydrogens is 498 g/mol. The molecule has 12 heteroatoms. The molecule has 0 radical (unpaired) electrons. The molecule has 0 saturated heterocycles. The molecule has 200 valence electrons. The predicted molar refractivity (Wildman–Crippen MR) is 114 cm³/mol. The molecule has 6 nitrogen and oxygen atoms in total. The smallest absolute Gasteiger partial charge is 0.194 e. The van der Waals surface area contributed by atoms with Crippen molar-refractivity contribution in [3.63, 3.8) is 0 Å². The van der Waals surface area contributed by atoms with E-state index in [0.717, 1.165) is 6.07 Å². The normalized spacial score (nSPS) is 17.7. The van der Waals surface area contributed by atoms with Gasteiger partial charge in [-0.3, -0.25) is 0 Å². The fourth-order valence-corrected chi connectivity index (χ4v) is 4.08. The monoisotopic (exact) mass is 524 g/mol. The molecular formula is C24H26F6O6. The van der Waals surface area contributed by atoms with Gasteiger partial charge in [-0.15, -0.1) is 6.58 Å². The van der Waals surface area contributed by atoms with Gasteiger partial charge in [0.1, 0.15) is 29.5 Å². The molecule has 0 aliphatic rings. The van der Waals surface area contributed by atoms with Crippen molar-refractivity contribution < 1.29 is 57.0 Å². The van der Waals surface area contributed by atoms with Crippen LogP contribution in [0.15, 0.2) is 36.4 Å². The number of hydrogen-bond donors (Lipinski definition) is 6. The Bertz CT molecular complexity index is 1110. The minimum Gasteiger partial charge on any atom is -0.394 e. The minimum absolute atomic E-state index is 0.109. The third-order valence-electron chi connectivity index (χ3n) is 5.85. The van der Waals surface area contributed by atoms with Crippen molar-refractivity contribution >= 4 is 0 Å². The summed E-state index contributed by atoms with van der Waals surface area (Å²) in [6, 6.07) is 2.42. The van der Waals surface area contributed by atoms with Gasteiger partial charge in [0.05, 0.1) is 6.61 Å². The molecule has 1 unspecified atom stereocenters. The Hall–Kier alpha value is -2.48. The van der Waals surface area contributed by atoms with E-state index in [-0.39, 0.29) is 5.57 Å². The van der Waals surface area contributed by atoms with Crippen LogP contribution in [0, 0.1) is 34.9 Å². The van der Waals surface area contributed by atoms with Crippen LogP contribution in [0.3, 0.4) is 0 Å². The summed E-state index contributed by atoms with van der Waals surface area (Å²) in [5.74, 6) is -10.5. The first kappa shape index (κ1) is 29.7. The molecule has 0 spiro atoms. The predicted octanol–water partition coefficient (Wildman–Crippen LogP) is 1.81. The lowest BCUT2D eigenvalue weighted by Crippen LogP contribution is -2.66. The first-order valence-corrected chi connectivity index (χ1v) is 10.6. The maximum absolute atomic E-state index is 14.4. The van der Waals surface area contributed by atoms with Gasteiger partial charge < -0.3 is 30.6 Å². The number of aliphatic hydroxyl groups is 6. The van der Waals surface area contributed by atoms with E-state index in [9.17, 15) is 57.0 Å². The SMILES string of the molecule is C=C(C)CC(O)(Cc1ccc(F)c(F)c1F)[C@@H](O)[C@@](O)(Cc1ccc(F)c(F)c1F)[C@H](O)[C@@H](O)CO. The molecule has 5 atom stereocenters. The Kier molecular flexibility index (Phi) is 9.32. The standard InChI is InChI=1S/C24H26F6O6/c1-11(2)7-23(35,8-12-3-5-14(25)19(29)17(12)27)22(34)24(36,21(33)16(32)10-31)9-13-4-6-15(26)20(30)18(13)28/h3-6,16,21-22,31-36H,1,7-10H2,2H3/t16-,21+,22+,23?,24+/m0/s1. The second-order valence-electron chi connectivity index (χ2n) is 8.85. The largest absolute Gasteiger partial charge is 0.394 e. The van der Waals surface area contributed by atoms with Gasteiger partial charge in [0.15, 0.2) is 34.9 Å². The van der Waals surface area contributed by atoms with Crippen LogP contribution < -0.4 is 0 Å². The maximum atomic E-state index is 14.4. The van der Waals surface area contributed by atoms with Crippen molar-refractivity contribution in [2.75, 3.05) is 6.61 Å². The summed E-state index contributed by atoms with van der Waals surface area (Å²) < 4.78 is 83.1. The molecule has 0 saturated carbocycles. The summed E-state index contributed by atoms with van der Waals surface area (Å²) in [6.07, 6.45) is -10.3. The first-order valence-electron chi connectivity index (χ1n) is 10.6. The summed E-state index contributed by atoms with van der Waals surface area (Å²) >= 11 is 0. The van der Waals surface area contributed by atoms with Crippen LogP contribution in [0.4, 0.5) is 26.3 Å². The first-order chi connectivity index (χ1) is 16.6. The van der Waals surface area contributed by atoms with Crippen molar-refractivity contribution in [3.8, 4) is 0 Å². The van der Waals surface area contributed by atoms with Crippen molar-refractivity contribution in [2.24, 2.45) is 0 Å². The van der Waals surface area contributed by atoms with Crippen LogP contribution in [-0.4, -0.2) is 66.8 Å². The molecule has 0 aromatic heterocycles. The van der Waals surface area contributed by atoms with Crippen LogP contribution in [0.25, 0.3) is 0 Å². The fraction of sp³-hybridized carbons (Fsp3) is 0.417. The highest BCUT2D eigenvalue weighted by Gasteiger charge is 2.54. The summed E-state index contributed by atoms with van der Waals surface area (Å²) in [5, 5.41) is 63.5. The van der Waals surface area contributed by atoms with Crippen LogP contribution in [0.2, 0.25) is 0 Å². The summed E-state index contributed by atoms with van der Waals surface area (Å²) in [6.45, 7) is 3.67. The molecule has 36 heavy (non-hydrogen) atoms. The fourth-order valence-electron chi connectivity index (χ4n) is 4.08. The molecule has 2 aromatic rings. The van der Waals surface area contributed by atoms with Gasteiger partial charge in [-0.2, -0.15) is 0 Å². The topological polar surface area (TPSA) is 121 Å². The van der Waals surface area contributed by atoms with Gasteiger partial charge in [0.25, 0.3) is 0 Å². The summed E-state index contributed by atoms with van der Waals surface area (Å²) in [4.78, 5) is 0. The second-order valence-corrected chi connectivity index (χ2v) is 8.85. The van der Waals surface area contributed by atoms with E-state index in [2.05, 4.69) is 6.58 Å². The molecule has 0 aliphatic heterocycles. The zero-order valence-electron chi connectivity index (χ0n) is 19.0. The lowest BCUT2D eigenvalue weighted by atomic mass is 9.71. The van der Waals surface area contributed by atoms with Crippen molar-refractivity contribution in [1.82, 2.24) is 0 Å². The van der Waals surface area contributed by atoms with Gasteiger partial charge in [-0.05, 0) is 36.6 Å². The molecule has 0 amide bonds. The highest BCUT2D eigenvalue weighted by molar-refractivity contribution is 5.27. The minimum atomic E-state index is -3.20. The highest BCUT2D eigenvalue weighted by atomic mass is 19.2. The zero-order valence-corrected chi connectivity index (χ0v) is 19.0. The number of benzene rings is 2. The Balaban J connectivity index is 2.66.